The van der Waals surface area contributed by atoms with E-state index in [4.69, 9.17) is 10.7 Å². The monoisotopic (exact) mass is 299 g/mol. The zero-order valence-electron chi connectivity index (χ0n) is 10.7. The molecule has 5 nitrogen and oxygen atoms in total. The van der Waals surface area contributed by atoms with Crippen molar-refractivity contribution in [3.8, 4) is 0 Å². The maximum Gasteiger partial charge on any atom is 0.296 e. The van der Waals surface area contributed by atoms with Gasteiger partial charge in [-0.1, -0.05) is 29.8 Å². The summed E-state index contributed by atoms with van der Waals surface area (Å²) >= 11 is 0. The molecule has 1 heterocycles. The van der Waals surface area contributed by atoms with Gasteiger partial charge >= 0.3 is 0 Å². The van der Waals surface area contributed by atoms with Crippen molar-refractivity contribution < 1.29 is 8.42 Å². The van der Waals surface area contributed by atoms with Crippen LogP contribution in [0, 0.1) is 6.92 Å². The Hall–Kier alpha value is -1.40. The number of rotatable bonds is 4. The lowest BCUT2D eigenvalue weighted by Gasteiger charge is -2.06. The first kappa shape index (κ1) is 14.0. The summed E-state index contributed by atoms with van der Waals surface area (Å²) in [6.07, 6.45) is 0.523. The van der Waals surface area contributed by atoms with Crippen LogP contribution < -0.4 is 0 Å². The highest BCUT2D eigenvalue weighted by atomic mass is 35.7. The first-order chi connectivity index (χ1) is 8.91. The average Bonchev–Trinajstić information content (AvgIpc) is 2.71. The van der Waals surface area contributed by atoms with Gasteiger partial charge in [-0.05, 0) is 19.4 Å². The fraction of sp³-hybridized carbons (Fsp3) is 0.333. The molecule has 0 amide bonds. The van der Waals surface area contributed by atoms with Gasteiger partial charge < -0.3 is 4.57 Å². The Kier molecular flexibility index (Phi) is 3.91. The number of nitrogens with zero attached hydrogens (tertiary/aromatic N) is 3. The van der Waals surface area contributed by atoms with Crippen LogP contribution in [-0.4, -0.2) is 23.2 Å². The van der Waals surface area contributed by atoms with Gasteiger partial charge in [0.2, 0.25) is 0 Å². The van der Waals surface area contributed by atoms with Crippen molar-refractivity contribution in [3.63, 3.8) is 0 Å². The van der Waals surface area contributed by atoms with Crippen LogP contribution in [0.5, 0.6) is 0 Å². The van der Waals surface area contributed by atoms with Crippen LogP contribution in [0.4, 0.5) is 0 Å². The predicted octanol–water partition coefficient (Wildman–Crippen LogP) is 2.12. The number of hydrogen-bond donors (Lipinski definition) is 0. The highest BCUT2D eigenvalue weighted by Crippen LogP contribution is 2.16. The number of hydrogen-bond acceptors (Lipinski definition) is 4. The Bertz CT molecular complexity index is 695. The topological polar surface area (TPSA) is 64.8 Å². The van der Waals surface area contributed by atoms with Gasteiger partial charge in [0, 0.05) is 23.6 Å². The molecule has 0 fully saturated rings. The number of aryl methyl sites for hydroxylation is 1. The van der Waals surface area contributed by atoms with Crippen molar-refractivity contribution in [3.05, 3.63) is 41.2 Å². The van der Waals surface area contributed by atoms with Crippen molar-refractivity contribution in [1.29, 1.82) is 0 Å². The van der Waals surface area contributed by atoms with Crippen LogP contribution in [0.2, 0.25) is 0 Å². The van der Waals surface area contributed by atoms with Crippen LogP contribution in [0.25, 0.3) is 0 Å². The molecule has 1 aromatic carbocycles. The fourth-order valence-electron chi connectivity index (χ4n) is 1.95. The third-order valence-electron chi connectivity index (χ3n) is 2.77. The third kappa shape index (κ3) is 3.13. The molecule has 19 heavy (non-hydrogen) atoms. The Morgan fingerprint density at radius 2 is 2.05 bits per heavy atom. The predicted molar refractivity (Wildman–Crippen MR) is 72.7 cm³/mol. The van der Waals surface area contributed by atoms with Crippen molar-refractivity contribution in [2.75, 3.05) is 0 Å². The van der Waals surface area contributed by atoms with E-state index >= 15 is 0 Å². The van der Waals surface area contributed by atoms with E-state index in [0.717, 1.165) is 11.1 Å². The zero-order valence-corrected chi connectivity index (χ0v) is 12.2. The van der Waals surface area contributed by atoms with Gasteiger partial charge in [-0.25, -0.2) is 8.42 Å². The fourth-order valence-corrected chi connectivity index (χ4v) is 2.93. The van der Waals surface area contributed by atoms with Gasteiger partial charge in [-0.2, -0.15) is 0 Å². The summed E-state index contributed by atoms with van der Waals surface area (Å²) in [4.78, 5) is 0. The summed E-state index contributed by atoms with van der Waals surface area (Å²) in [5.41, 5.74) is 2.20. The van der Waals surface area contributed by atoms with E-state index in [9.17, 15) is 8.42 Å². The van der Waals surface area contributed by atoms with Gasteiger partial charge in [0.1, 0.15) is 5.82 Å². The first-order valence-electron chi connectivity index (χ1n) is 5.84. The normalized spacial score (nSPS) is 11.7. The second-order valence-corrected chi connectivity index (χ2v) is 6.71. The number of aromatic nitrogens is 3. The Labute approximate surface area is 116 Å². The van der Waals surface area contributed by atoms with E-state index < -0.39 is 9.05 Å². The lowest BCUT2D eigenvalue weighted by atomic mass is 10.1. The molecule has 0 unspecified atom stereocenters. The van der Waals surface area contributed by atoms with Crippen LogP contribution in [0.1, 0.15) is 23.9 Å². The summed E-state index contributed by atoms with van der Waals surface area (Å²) in [6.45, 7) is 4.28. The highest BCUT2D eigenvalue weighted by molar-refractivity contribution is 8.13. The van der Waals surface area contributed by atoms with Crippen molar-refractivity contribution in [1.82, 2.24) is 14.8 Å². The largest absolute Gasteiger partial charge is 0.301 e. The van der Waals surface area contributed by atoms with E-state index in [2.05, 4.69) is 10.2 Å². The minimum atomic E-state index is -3.86. The summed E-state index contributed by atoms with van der Waals surface area (Å²) in [7, 11) is 1.47. The molecule has 0 bridgehead atoms. The molecule has 0 saturated carbocycles. The standard InChI is InChI=1S/C12H14ClN3O2S/c1-3-16-11(14-15-12(16)19(13,17)18)8-10-6-4-5-9(2)7-10/h4-7H,3,8H2,1-2H3. The van der Waals surface area contributed by atoms with Crippen molar-refractivity contribution >= 4 is 19.7 Å². The summed E-state index contributed by atoms with van der Waals surface area (Å²) < 4.78 is 24.3. The molecule has 0 N–H and O–H groups in total. The Morgan fingerprint density at radius 1 is 1.32 bits per heavy atom. The molecule has 1 aromatic heterocycles. The molecule has 0 spiro atoms. The van der Waals surface area contributed by atoms with Crippen LogP contribution in [0.15, 0.2) is 29.4 Å². The molecule has 0 radical (unpaired) electrons. The Balaban J connectivity index is 2.39. The maximum absolute atomic E-state index is 11.4. The van der Waals surface area contributed by atoms with Crippen molar-refractivity contribution in [2.45, 2.75) is 32.0 Å². The molecule has 2 aromatic rings. The Morgan fingerprint density at radius 3 is 2.63 bits per heavy atom. The quantitative estimate of drug-likeness (QED) is 0.811. The summed E-state index contributed by atoms with van der Waals surface area (Å²) in [5.74, 6) is 0.590. The van der Waals surface area contributed by atoms with Crippen LogP contribution >= 0.6 is 10.7 Å². The van der Waals surface area contributed by atoms with E-state index in [1.807, 2.05) is 38.1 Å². The number of benzene rings is 1. The van der Waals surface area contributed by atoms with Gasteiger partial charge in [0.15, 0.2) is 0 Å². The lowest BCUT2D eigenvalue weighted by molar-refractivity contribution is 0.576. The molecule has 0 atom stereocenters. The molecule has 0 aliphatic heterocycles. The molecular formula is C12H14ClN3O2S. The second-order valence-electron chi connectivity index (χ2n) is 4.25. The SMILES string of the molecule is CCn1c(Cc2cccc(C)c2)nnc1S(=O)(=O)Cl. The van der Waals surface area contributed by atoms with Gasteiger partial charge in [-0.15, -0.1) is 10.2 Å². The van der Waals surface area contributed by atoms with Gasteiger partial charge in [0.05, 0.1) is 0 Å². The summed E-state index contributed by atoms with van der Waals surface area (Å²) in [6, 6.07) is 7.96. The van der Waals surface area contributed by atoms with Gasteiger partial charge in [0.25, 0.3) is 14.2 Å². The van der Waals surface area contributed by atoms with E-state index in [1.54, 1.807) is 0 Å². The smallest absolute Gasteiger partial charge is 0.296 e. The highest BCUT2D eigenvalue weighted by Gasteiger charge is 2.21. The molecule has 0 aliphatic rings. The van der Waals surface area contributed by atoms with Crippen molar-refractivity contribution in [2.24, 2.45) is 0 Å². The molecule has 7 heteroatoms. The minimum absolute atomic E-state index is 0.195. The third-order valence-corrected chi connectivity index (χ3v) is 3.92. The van der Waals surface area contributed by atoms with E-state index in [1.165, 1.54) is 4.57 Å². The second kappa shape index (κ2) is 5.30. The zero-order chi connectivity index (χ0) is 14.0. The minimum Gasteiger partial charge on any atom is -0.301 e. The van der Waals surface area contributed by atoms with Gasteiger partial charge in [-0.3, -0.25) is 0 Å². The lowest BCUT2D eigenvalue weighted by Crippen LogP contribution is -2.08. The number of halogens is 1. The summed E-state index contributed by atoms with van der Waals surface area (Å²) in [5, 5.41) is 7.40. The average molecular weight is 300 g/mol. The van der Waals surface area contributed by atoms with E-state index in [0.29, 0.717) is 18.8 Å². The molecule has 102 valence electrons. The van der Waals surface area contributed by atoms with E-state index in [-0.39, 0.29) is 5.16 Å². The van der Waals surface area contributed by atoms with Crippen LogP contribution in [0.3, 0.4) is 0 Å². The first-order valence-corrected chi connectivity index (χ1v) is 8.15. The molecular weight excluding hydrogens is 286 g/mol. The molecule has 0 saturated heterocycles. The molecule has 0 aliphatic carbocycles. The van der Waals surface area contributed by atoms with Crippen LogP contribution in [-0.2, 0) is 22.0 Å². The molecule has 2 rings (SSSR count). The maximum atomic E-state index is 11.4.